The first-order valence-electron chi connectivity index (χ1n) is 9.65. The Morgan fingerprint density at radius 3 is 2.30 bits per heavy atom. The van der Waals surface area contributed by atoms with Crippen LogP contribution in [0.2, 0.25) is 5.02 Å². The molecule has 1 amide bonds. The van der Waals surface area contributed by atoms with Crippen LogP contribution in [0, 0.1) is 0 Å². The number of hydrogen-bond donors (Lipinski definition) is 0. The molecule has 0 N–H and O–H groups in total. The number of sulfone groups is 1. The summed E-state index contributed by atoms with van der Waals surface area (Å²) in [5, 5.41) is 0.566. The molecule has 7 nitrogen and oxygen atoms in total. The van der Waals surface area contributed by atoms with Crippen LogP contribution < -0.4 is 14.4 Å². The fraction of sp³-hybridized carbons (Fsp3) is 0.381. The number of amides is 1. The normalized spacial score (nSPS) is 23.3. The lowest BCUT2D eigenvalue weighted by Gasteiger charge is -2.43. The number of methoxy groups -OCH3 is 1. The number of nitrogens with zero attached hydrogens (tertiary/aromatic N) is 2. The average molecular weight is 451 g/mol. The predicted octanol–water partition coefficient (Wildman–Crippen LogP) is 2.24. The Morgan fingerprint density at radius 1 is 1.00 bits per heavy atom. The summed E-state index contributed by atoms with van der Waals surface area (Å²) in [5.41, 5.74) is 0.672. The SMILES string of the molecule is COc1ccc(OCCN2CC(=O)N(c3ccc(Cl)cc3)[C@H]3CS(=O)(=O)C[C@@H]32)cc1. The third kappa shape index (κ3) is 4.40. The minimum absolute atomic E-state index is 0.0393. The molecule has 2 aliphatic rings. The molecule has 2 saturated heterocycles. The Balaban J connectivity index is 1.47. The van der Waals surface area contributed by atoms with Crippen molar-refractivity contribution in [2.45, 2.75) is 12.1 Å². The molecule has 2 atom stereocenters. The van der Waals surface area contributed by atoms with Gasteiger partial charge in [0.15, 0.2) is 9.84 Å². The van der Waals surface area contributed by atoms with Crippen molar-refractivity contribution in [2.75, 3.05) is 43.2 Å². The molecule has 2 aliphatic heterocycles. The van der Waals surface area contributed by atoms with Gasteiger partial charge in [-0.2, -0.15) is 0 Å². The smallest absolute Gasteiger partial charge is 0.241 e. The van der Waals surface area contributed by atoms with Gasteiger partial charge >= 0.3 is 0 Å². The summed E-state index contributed by atoms with van der Waals surface area (Å²) in [4.78, 5) is 16.5. The second-order valence-electron chi connectivity index (χ2n) is 7.45. The van der Waals surface area contributed by atoms with Gasteiger partial charge in [-0.3, -0.25) is 9.69 Å². The van der Waals surface area contributed by atoms with E-state index in [1.807, 2.05) is 29.2 Å². The van der Waals surface area contributed by atoms with Gasteiger partial charge in [-0.25, -0.2) is 8.42 Å². The summed E-state index contributed by atoms with van der Waals surface area (Å²) in [7, 11) is -1.64. The van der Waals surface area contributed by atoms with Crippen molar-refractivity contribution in [3.8, 4) is 11.5 Å². The summed E-state index contributed by atoms with van der Waals surface area (Å²) in [6, 6.07) is 13.5. The Hall–Kier alpha value is -2.29. The zero-order valence-corrected chi connectivity index (χ0v) is 18.1. The Kier molecular flexibility index (Phi) is 5.90. The number of hydrogen-bond acceptors (Lipinski definition) is 6. The van der Waals surface area contributed by atoms with Gasteiger partial charge in [0.25, 0.3) is 0 Å². The molecule has 30 heavy (non-hydrogen) atoms. The molecule has 2 aromatic rings. The van der Waals surface area contributed by atoms with E-state index in [0.29, 0.717) is 29.6 Å². The van der Waals surface area contributed by atoms with E-state index >= 15 is 0 Å². The van der Waals surface area contributed by atoms with Crippen molar-refractivity contribution in [1.29, 1.82) is 0 Å². The fourth-order valence-electron chi connectivity index (χ4n) is 4.09. The number of ether oxygens (including phenoxy) is 2. The van der Waals surface area contributed by atoms with Gasteiger partial charge < -0.3 is 14.4 Å². The number of piperazine rings is 1. The first kappa shape index (κ1) is 21.0. The van der Waals surface area contributed by atoms with Crippen LogP contribution in [-0.4, -0.2) is 69.6 Å². The summed E-state index contributed by atoms with van der Waals surface area (Å²) in [5.74, 6) is 1.31. The first-order valence-corrected chi connectivity index (χ1v) is 11.9. The predicted molar refractivity (Wildman–Crippen MR) is 115 cm³/mol. The van der Waals surface area contributed by atoms with Crippen LogP contribution in [0.15, 0.2) is 48.5 Å². The Bertz CT molecular complexity index is 1010. The van der Waals surface area contributed by atoms with Gasteiger partial charge in [0.1, 0.15) is 18.1 Å². The van der Waals surface area contributed by atoms with E-state index < -0.39 is 15.9 Å². The highest BCUT2D eigenvalue weighted by Gasteiger charge is 2.49. The van der Waals surface area contributed by atoms with Crippen molar-refractivity contribution in [2.24, 2.45) is 0 Å². The monoisotopic (exact) mass is 450 g/mol. The van der Waals surface area contributed by atoms with Crippen LogP contribution >= 0.6 is 11.6 Å². The molecule has 0 saturated carbocycles. The Labute approximate surface area is 181 Å². The molecule has 2 fully saturated rings. The highest BCUT2D eigenvalue weighted by Crippen LogP contribution is 2.32. The summed E-state index contributed by atoms with van der Waals surface area (Å²) in [6.45, 7) is 0.956. The lowest BCUT2D eigenvalue weighted by atomic mass is 10.0. The maximum atomic E-state index is 12.9. The first-order chi connectivity index (χ1) is 14.4. The van der Waals surface area contributed by atoms with Gasteiger partial charge in [0.05, 0.1) is 31.2 Å². The van der Waals surface area contributed by atoms with Crippen molar-refractivity contribution < 1.29 is 22.7 Å². The molecule has 0 aromatic heterocycles. The van der Waals surface area contributed by atoms with Crippen molar-refractivity contribution in [3.63, 3.8) is 0 Å². The van der Waals surface area contributed by atoms with Crippen LogP contribution in [0.3, 0.4) is 0 Å². The van der Waals surface area contributed by atoms with Crippen LogP contribution in [-0.2, 0) is 14.6 Å². The van der Waals surface area contributed by atoms with Crippen molar-refractivity contribution in [3.05, 3.63) is 53.6 Å². The number of carbonyl (C=O) groups is 1. The van der Waals surface area contributed by atoms with Gasteiger partial charge in [0.2, 0.25) is 5.91 Å². The number of fused-ring (bicyclic) bond motifs is 1. The van der Waals surface area contributed by atoms with Crippen LogP contribution in [0.1, 0.15) is 0 Å². The largest absolute Gasteiger partial charge is 0.497 e. The molecule has 0 bridgehead atoms. The highest BCUT2D eigenvalue weighted by molar-refractivity contribution is 7.91. The molecule has 0 aliphatic carbocycles. The Morgan fingerprint density at radius 2 is 1.63 bits per heavy atom. The second-order valence-corrected chi connectivity index (χ2v) is 10.0. The van der Waals surface area contributed by atoms with Crippen molar-refractivity contribution in [1.82, 2.24) is 4.90 Å². The van der Waals surface area contributed by atoms with Gasteiger partial charge in [-0.1, -0.05) is 11.6 Å². The minimum atomic E-state index is -3.24. The van der Waals surface area contributed by atoms with Gasteiger partial charge in [0, 0.05) is 23.3 Å². The number of carbonyl (C=O) groups excluding carboxylic acids is 1. The zero-order valence-electron chi connectivity index (χ0n) is 16.5. The molecule has 2 aromatic carbocycles. The molecule has 160 valence electrons. The fourth-order valence-corrected chi connectivity index (χ4v) is 6.20. The second kappa shape index (κ2) is 8.45. The molecular weight excluding hydrogens is 428 g/mol. The highest BCUT2D eigenvalue weighted by atomic mass is 35.5. The zero-order chi connectivity index (χ0) is 21.3. The number of benzene rings is 2. The van der Waals surface area contributed by atoms with Crippen LogP contribution in [0.4, 0.5) is 5.69 Å². The topological polar surface area (TPSA) is 76.2 Å². The van der Waals surface area contributed by atoms with Crippen molar-refractivity contribution >= 4 is 33.0 Å². The molecule has 9 heteroatoms. The van der Waals surface area contributed by atoms with Gasteiger partial charge in [-0.05, 0) is 48.5 Å². The number of rotatable bonds is 6. The maximum absolute atomic E-state index is 12.9. The van der Waals surface area contributed by atoms with E-state index in [2.05, 4.69) is 0 Å². The lowest BCUT2D eigenvalue weighted by molar-refractivity contribution is -0.123. The minimum Gasteiger partial charge on any atom is -0.497 e. The van der Waals surface area contributed by atoms with E-state index in [1.54, 1.807) is 36.3 Å². The van der Waals surface area contributed by atoms with E-state index in [1.165, 1.54) is 0 Å². The molecule has 0 spiro atoms. The summed E-state index contributed by atoms with van der Waals surface area (Å²) >= 11 is 5.96. The lowest BCUT2D eigenvalue weighted by Crippen LogP contribution is -2.62. The van der Waals surface area contributed by atoms with Gasteiger partial charge in [-0.15, -0.1) is 0 Å². The quantitative estimate of drug-likeness (QED) is 0.671. The summed E-state index contributed by atoms with van der Waals surface area (Å²) in [6.07, 6.45) is 0. The maximum Gasteiger partial charge on any atom is 0.241 e. The third-order valence-electron chi connectivity index (χ3n) is 5.51. The third-order valence-corrected chi connectivity index (χ3v) is 7.46. The number of anilines is 1. The molecular formula is C21H23ClN2O5S. The van der Waals surface area contributed by atoms with E-state index in [0.717, 1.165) is 5.75 Å². The standard InChI is InChI=1S/C21H23ClN2O5S/c1-28-17-6-8-18(9-7-17)29-11-10-23-12-21(25)24(16-4-2-15(22)3-5-16)20-14-30(26,27)13-19(20)23/h2-9,19-20H,10-14H2,1H3/t19-,20-/m0/s1. The van der Waals surface area contributed by atoms with E-state index in [9.17, 15) is 13.2 Å². The van der Waals surface area contributed by atoms with Crippen LogP contribution in [0.25, 0.3) is 0 Å². The van der Waals surface area contributed by atoms with E-state index in [4.69, 9.17) is 21.1 Å². The van der Waals surface area contributed by atoms with E-state index in [-0.39, 0.29) is 30.0 Å². The molecule has 2 heterocycles. The molecule has 0 unspecified atom stereocenters. The number of halogens is 1. The molecule has 0 radical (unpaired) electrons. The summed E-state index contributed by atoms with van der Waals surface area (Å²) < 4.78 is 35.7. The molecule has 4 rings (SSSR count). The van der Waals surface area contributed by atoms with Crippen LogP contribution in [0.5, 0.6) is 11.5 Å². The average Bonchev–Trinajstić information content (AvgIpc) is 3.04.